The second-order valence-electron chi connectivity index (χ2n) is 3.21. The minimum absolute atomic E-state index is 0.0439. The maximum atomic E-state index is 11.3. The molecule has 1 aliphatic carbocycles. The Morgan fingerprint density at radius 1 is 1.71 bits per heavy atom. The van der Waals surface area contributed by atoms with Gasteiger partial charge in [-0.25, -0.2) is 0 Å². The summed E-state index contributed by atoms with van der Waals surface area (Å²) in [6, 6.07) is 0.147. The number of anilines is 1. The molecular formula is C8H11N3O3. The highest BCUT2D eigenvalue weighted by Gasteiger charge is 2.30. The first-order valence-corrected chi connectivity index (χ1v) is 4.42. The van der Waals surface area contributed by atoms with E-state index in [2.05, 4.69) is 15.5 Å². The first-order chi connectivity index (χ1) is 6.79. The second-order valence-corrected chi connectivity index (χ2v) is 3.21. The first-order valence-electron chi connectivity index (χ1n) is 4.42. The van der Waals surface area contributed by atoms with Gasteiger partial charge in [0.2, 0.25) is 5.91 Å². The van der Waals surface area contributed by atoms with Gasteiger partial charge in [-0.15, -0.1) is 0 Å². The largest absolute Gasteiger partial charge is 0.377 e. The summed E-state index contributed by atoms with van der Waals surface area (Å²) < 4.78 is 9.60. The van der Waals surface area contributed by atoms with Crippen molar-refractivity contribution in [1.29, 1.82) is 0 Å². The fourth-order valence-electron chi connectivity index (χ4n) is 1.05. The molecule has 0 radical (unpaired) electrons. The number of hydrogen-bond donors (Lipinski definition) is 1. The SMILES string of the molecule is COCc1noc(NC(=O)C2CC2)n1. The van der Waals surface area contributed by atoms with Crippen LogP contribution in [0.15, 0.2) is 4.52 Å². The summed E-state index contributed by atoms with van der Waals surface area (Å²) in [6.45, 7) is 0.281. The van der Waals surface area contributed by atoms with Crippen LogP contribution in [-0.4, -0.2) is 23.2 Å². The van der Waals surface area contributed by atoms with Gasteiger partial charge in [0.25, 0.3) is 0 Å². The molecule has 0 saturated heterocycles. The molecule has 0 unspecified atom stereocenters. The van der Waals surface area contributed by atoms with Crippen LogP contribution in [0, 0.1) is 5.92 Å². The summed E-state index contributed by atoms with van der Waals surface area (Å²) in [5.41, 5.74) is 0. The molecular weight excluding hydrogens is 186 g/mol. The molecule has 1 aliphatic rings. The van der Waals surface area contributed by atoms with Crippen molar-refractivity contribution in [3.63, 3.8) is 0 Å². The van der Waals surface area contributed by atoms with Gasteiger partial charge in [0.1, 0.15) is 6.61 Å². The fourth-order valence-corrected chi connectivity index (χ4v) is 1.05. The lowest BCUT2D eigenvalue weighted by Gasteiger charge is -1.94. The van der Waals surface area contributed by atoms with E-state index in [1.54, 1.807) is 7.11 Å². The van der Waals surface area contributed by atoms with E-state index >= 15 is 0 Å². The average molecular weight is 197 g/mol. The van der Waals surface area contributed by atoms with Crippen LogP contribution in [0.2, 0.25) is 0 Å². The lowest BCUT2D eigenvalue weighted by molar-refractivity contribution is -0.117. The number of carbonyl (C=O) groups excluding carboxylic acids is 1. The molecule has 0 spiro atoms. The molecule has 1 heterocycles. The predicted octanol–water partition coefficient (Wildman–Crippen LogP) is 0.564. The molecule has 1 N–H and O–H groups in total. The number of methoxy groups -OCH3 is 1. The highest BCUT2D eigenvalue weighted by Crippen LogP contribution is 2.29. The summed E-state index contributed by atoms with van der Waals surface area (Å²) in [6.07, 6.45) is 1.90. The minimum Gasteiger partial charge on any atom is -0.377 e. The number of nitrogens with zero attached hydrogens (tertiary/aromatic N) is 2. The summed E-state index contributed by atoms with van der Waals surface area (Å²) in [5, 5.41) is 6.16. The molecule has 76 valence electrons. The predicted molar refractivity (Wildman–Crippen MR) is 46.4 cm³/mol. The van der Waals surface area contributed by atoms with Crippen LogP contribution in [0.5, 0.6) is 0 Å². The van der Waals surface area contributed by atoms with Crippen LogP contribution in [0.25, 0.3) is 0 Å². The van der Waals surface area contributed by atoms with Gasteiger partial charge < -0.3 is 9.26 Å². The Hall–Kier alpha value is -1.43. The lowest BCUT2D eigenvalue weighted by atomic mass is 10.4. The summed E-state index contributed by atoms with van der Waals surface area (Å²) in [4.78, 5) is 15.2. The fraction of sp³-hybridized carbons (Fsp3) is 0.625. The van der Waals surface area contributed by atoms with Crippen molar-refractivity contribution < 1.29 is 14.1 Å². The van der Waals surface area contributed by atoms with Gasteiger partial charge in [-0.3, -0.25) is 10.1 Å². The number of nitrogens with one attached hydrogen (secondary N) is 1. The number of carbonyl (C=O) groups is 1. The Bertz CT molecular complexity index is 332. The molecule has 0 aromatic carbocycles. The van der Waals surface area contributed by atoms with Crippen molar-refractivity contribution in [1.82, 2.24) is 10.1 Å². The van der Waals surface area contributed by atoms with E-state index < -0.39 is 0 Å². The summed E-state index contributed by atoms with van der Waals surface area (Å²) in [7, 11) is 1.54. The van der Waals surface area contributed by atoms with Gasteiger partial charge in [0.05, 0.1) is 0 Å². The quantitative estimate of drug-likeness (QED) is 0.763. The number of rotatable bonds is 4. The van der Waals surface area contributed by atoms with E-state index in [1.165, 1.54) is 0 Å². The number of amides is 1. The first kappa shape index (κ1) is 9.14. The Morgan fingerprint density at radius 3 is 3.14 bits per heavy atom. The van der Waals surface area contributed by atoms with Gasteiger partial charge in [-0.1, -0.05) is 5.16 Å². The van der Waals surface area contributed by atoms with Crippen LogP contribution in [-0.2, 0) is 16.1 Å². The number of ether oxygens (including phenoxy) is 1. The molecule has 1 amide bonds. The molecule has 0 bridgehead atoms. The molecule has 1 saturated carbocycles. The number of aromatic nitrogens is 2. The minimum atomic E-state index is -0.0439. The summed E-state index contributed by atoms with van der Waals surface area (Å²) >= 11 is 0. The highest BCUT2D eigenvalue weighted by molar-refractivity contribution is 5.92. The smallest absolute Gasteiger partial charge is 0.328 e. The maximum Gasteiger partial charge on any atom is 0.328 e. The third-order valence-corrected chi connectivity index (χ3v) is 1.92. The van der Waals surface area contributed by atoms with Crippen molar-refractivity contribution in [3.8, 4) is 0 Å². The van der Waals surface area contributed by atoms with E-state index in [-0.39, 0.29) is 24.4 Å². The average Bonchev–Trinajstić information content (AvgIpc) is 2.92. The lowest BCUT2D eigenvalue weighted by Crippen LogP contribution is -2.13. The van der Waals surface area contributed by atoms with E-state index in [9.17, 15) is 4.79 Å². The van der Waals surface area contributed by atoms with Crippen molar-refractivity contribution >= 4 is 11.9 Å². The molecule has 2 rings (SSSR count). The van der Waals surface area contributed by atoms with Crippen LogP contribution in [0.1, 0.15) is 18.7 Å². The van der Waals surface area contributed by atoms with Crippen molar-refractivity contribution in [2.45, 2.75) is 19.4 Å². The molecule has 6 nitrogen and oxygen atoms in total. The van der Waals surface area contributed by atoms with Gasteiger partial charge in [0, 0.05) is 13.0 Å². The number of hydrogen-bond acceptors (Lipinski definition) is 5. The Kier molecular flexibility index (Phi) is 2.45. The molecule has 14 heavy (non-hydrogen) atoms. The normalized spacial score (nSPS) is 15.5. The van der Waals surface area contributed by atoms with Gasteiger partial charge >= 0.3 is 6.01 Å². The van der Waals surface area contributed by atoms with Crippen molar-refractivity contribution in [3.05, 3.63) is 5.82 Å². The molecule has 6 heteroatoms. The maximum absolute atomic E-state index is 11.3. The Labute approximate surface area is 80.6 Å². The third kappa shape index (κ3) is 2.08. The van der Waals surface area contributed by atoms with Gasteiger partial charge in [-0.2, -0.15) is 4.98 Å². The van der Waals surface area contributed by atoms with Gasteiger partial charge in [0.15, 0.2) is 5.82 Å². The molecule has 1 fully saturated rings. The second kappa shape index (κ2) is 3.75. The molecule has 0 aliphatic heterocycles. The molecule has 0 atom stereocenters. The van der Waals surface area contributed by atoms with Gasteiger partial charge in [-0.05, 0) is 12.8 Å². The van der Waals surface area contributed by atoms with Crippen LogP contribution in [0.3, 0.4) is 0 Å². The summed E-state index contributed by atoms with van der Waals surface area (Å²) in [5.74, 6) is 0.518. The zero-order chi connectivity index (χ0) is 9.97. The topological polar surface area (TPSA) is 77.3 Å². The van der Waals surface area contributed by atoms with E-state index in [4.69, 9.17) is 9.26 Å². The van der Waals surface area contributed by atoms with E-state index in [0.717, 1.165) is 12.8 Å². The highest BCUT2D eigenvalue weighted by atomic mass is 16.5. The van der Waals surface area contributed by atoms with Crippen LogP contribution < -0.4 is 5.32 Å². The molecule has 1 aromatic heterocycles. The molecule has 1 aromatic rings. The third-order valence-electron chi connectivity index (χ3n) is 1.92. The van der Waals surface area contributed by atoms with Crippen LogP contribution >= 0.6 is 0 Å². The van der Waals surface area contributed by atoms with E-state index in [1.807, 2.05) is 0 Å². The van der Waals surface area contributed by atoms with Crippen molar-refractivity contribution in [2.24, 2.45) is 5.92 Å². The Morgan fingerprint density at radius 2 is 2.50 bits per heavy atom. The van der Waals surface area contributed by atoms with E-state index in [0.29, 0.717) is 5.82 Å². The Balaban J connectivity index is 1.91. The standard InChI is InChI=1S/C8H11N3O3/c1-13-4-6-9-8(14-11-6)10-7(12)5-2-3-5/h5H,2-4H2,1H3,(H,9,10,11,12). The zero-order valence-electron chi connectivity index (χ0n) is 7.82. The zero-order valence-corrected chi connectivity index (χ0v) is 7.82. The van der Waals surface area contributed by atoms with Crippen LogP contribution in [0.4, 0.5) is 6.01 Å². The van der Waals surface area contributed by atoms with Crippen molar-refractivity contribution in [2.75, 3.05) is 12.4 Å². The monoisotopic (exact) mass is 197 g/mol.